The maximum Gasteiger partial charge on any atom is 0.290 e. The zero-order chi connectivity index (χ0) is 21.7. The zero-order valence-electron chi connectivity index (χ0n) is 16.6. The van der Waals surface area contributed by atoms with Gasteiger partial charge in [0.1, 0.15) is 5.56 Å². The van der Waals surface area contributed by atoms with Crippen LogP contribution in [0.1, 0.15) is 40.9 Å². The molecule has 3 aliphatic rings. The summed E-state index contributed by atoms with van der Waals surface area (Å²) < 4.78 is 5.27. The van der Waals surface area contributed by atoms with E-state index in [4.69, 9.17) is 14.6 Å². The first-order chi connectivity index (χ1) is 14.4. The molecule has 1 saturated heterocycles. The molecule has 30 heavy (non-hydrogen) atoms. The summed E-state index contributed by atoms with van der Waals surface area (Å²) in [7, 11) is 0. The Morgan fingerprint density at radius 1 is 1.23 bits per heavy atom. The summed E-state index contributed by atoms with van der Waals surface area (Å²) in [6, 6.07) is 1.13. The molecule has 2 amide bonds. The van der Waals surface area contributed by atoms with E-state index in [1.54, 1.807) is 11.0 Å². The van der Waals surface area contributed by atoms with Gasteiger partial charge in [-0.25, -0.2) is 0 Å². The van der Waals surface area contributed by atoms with Crippen LogP contribution in [0.3, 0.4) is 0 Å². The molecule has 1 aliphatic heterocycles. The molecule has 2 fully saturated rings. The van der Waals surface area contributed by atoms with Crippen molar-refractivity contribution < 1.29 is 29.3 Å². The molecule has 4 N–H and O–H groups in total. The number of aromatic amines is 1. The molecule has 0 spiro atoms. The Balaban J connectivity index is 0.000000806. The third-order valence-electron chi connectivity index (χ3n) is 5.85. The number of fused-ring (bicyclic) bond motifs is 1. The molecule has 1 aromatic rings. The van der Waals surface area contributed by atoms with Gasteiger partial charge in [0.2, 0.25) is 5.91 Å². The summed E-state index contributed by atoms with van der Waals surface area (Å²) in [4.78, 5) is 50.3. The molecule has 4 rings (SSSR count). The minimum Gasteiger partial charge on any atom is -0.483 e. The van der Waals surface area contributed by atoms with Crippen molar-refractivity contribution in [1.82, 2.24) is 15.2 Å². The van der Waals surface area contributed by atoms with Crippen LogP contribution in [-0.4, -0.2) is 76.8 Å². The fraction of sp³-hybridized carbons (Fsp3) is 0.600. The van der Waals surface area contributed by atoms with Gasteiger partial charge in [0, 0.05) is 24.7 Å². The highest BCUT2D eigenvalue weighted by molar-refractivity contribution is 5.94. The highest BCUT2D eigenvalue weighted by Crippen LogP contribution is 2.28. The SMILES string of the molecule is O=C(N[C@@H]1C[C@H](C(=O)N2CCOCC2)C[C@H]1O)c1cc2c([nH]c1=O)CCC2.O=CO. The third kappa shape index (κ3) is 4.88. The molecule has 0 bridgehead atoms. The van der Waals surface area contributed by atoms with E-state index in [-0.39, 0.29) is 23.9 Å². The molecule has 10 nitrogen and oxygen atoms in total. The van der Waals surface area contributed by atoms with Crippen molar-refractivity contribution in [3.05, 3.63) is 33.2 Å². The fourth-order valence-electron chi connectivity index (χ4n) is 4.34. The normalized spacial score (nSPS) is 25.1. The van der Waals surface area contributed by atoms with Crippen molar-refractivity contribution in [2.75, 3.05) is 26.3 Å². The number of carboxylic acid groups (broad SMARTS) is 1. The van der Waals surface area contributed by atoms with Crippen LogP contribution in [0.2, 0.25) is 0 Å². The lowest BCUT2D eigenvalue weighted by Crippen LogP contribution is -2.44. The first-order valence-electron chi connectivity index (χ1n) is 10.1. The summed E-state index contributed by atoms with van der Waals surface area (Å²) in [6.07, 6.45) is 2.57. The lowest BCUT2D eigenvalue weighted by atomic mass is 10.1. The van der Waals surface area contributed by atoms with Crippen molar-refractivity contribution in [3.63, 3.8) is 0 Å². The standard InChI is InChI=1S/C19H25N3O5.CH2O2/c23-16-10-12(19(26)22-4-6-27-7-5-22)9-15(16)21-18(25)13-8-11-2-1-3-14(11)20-17(13)24;2-1-3/h8,12,15-16,23H,1-7,9-10H2,(H,20,24)(H,21,25);1H,(H,2,3)/t12-,15+,16+;/m0./s1. The zero-order valence-corrected chi connectivity index (χ0v) is 16.6. The minimum absolute atomic E-state index is 0.00415. The van der Waals surface area contributed by atoms with Crippen molar-refractivity contribution in [2.24, 2.45) is 5.92 Å². The molecular weight excluding hydrogens is 394 g/mol. The minimum atomic E-state index is -0.794. The number of aryl methyl sites for hydroxylation is 2. The van der Waals surface area contributed by atoms with Crippen LogP contribution in [0.15, 0.2) is 10.9 Å². The lowest BCUT2D eigenvalue weighted by Gasteiger charge is -2.29. The molecule has 2 aliphatic carbocycles. The Hall–Kier alpha value is -2.72. The maximum atomic E-state index is 12.6. The van der Waals surface area contributed by atoms with E-state index in [0.717, 1.165) is 30.5 Å². The molecule has 10 heteroatoms. The Kier molecular flexibility index (Phi) is 7.22. The van der Waals surface area contributed by atoms with Gasteiger partial charge in [-0.15, -0.1) is 0 Å². The van der Waals surface area contributed by atoms with E-state index in [1.165, 1.54) is 0 Å². The van der Waals surface area contributed by atoms with Crippen LogP contribution in [0, 0.1) is 5.92 Å². The van der Waals surface area contributed by atoms with Crippen LogP contribution in [0.5, 0.6) is 0 Å². The summed E-state index contributed by atoms with van der Waals surface area (Å²) in [5, 5.41) is 20.0. The monoisotopic (exact) mass is 421 g/mol. The smallest absolute Gasteiger partial charge is 0.290 e. The van der Waals surface area contributed by atoms with Crippen molar-refractivity contribution in [3.8, 4) is 0 Å². The maximum absolute atomic E-state index is 12.6. The number of aromatic nitrogens is 1. The predicted molar refractivity (Wildman–Crippen MR) is 105 cm³/mol. The highest BCUT2D eigenvalue weighted by Gasteiger charge is 2.40. The van der Waals surface area contributed by atoms with Crippen LogP contribution < -0.4 is 10.9 Å². The van der Waals surface area contributed by atoms with E-state index in [1.807, 2.05) is 0 Å². The molecule has 0 unspecified atom stereocenters. The average molecular weight is 421 g/mol. The molecule has 1 saturated carbocycles. The van der Waals surface area contributed by atoms with E-state index >= 15 is 0 Å². The number of pyridine rings is 1. The summed E-state index contributed by atoms with van der Waals surface area (Å²) >= 11 is 0. The number of nitrogens with one attached hydrogen (secondary N) is 2. The van der Waals surface area contributed by atoms with Gasteiger partial charge in [-0.05, 0) is 43.7 Å². The van der Waals surface area contributed by atoms with E-state index in [9.17, 15) is 19.5 Å². The van der Waals surface area contributed by atoms with Crippen LogP contribution in [0.25, 0.3) is 0 Å². The number of hydrogen-bond donors (Lipinski definition) is 4. The first-order valence-corrected chi connectivity index (χ1v) is 10.1. The number of aliphatic hydroxyl groups excluding tert-OH is 1. The number of amides is 2. The largest absolute Gasteiger partial charge is 0.483 e. The molecule has 0 radical (unpaired) electrons. The van der Waals surface area contributed by atoms with Crippen LogP contribution in [0.4, 0.5) is 0 Å². The molecule has 0 aromatic carbocycles. The summed E-state index contributed by atoms with van der Waals surface area (Å²) in [5.74, 6) is -0.805. The molecule has 2 heterocycles. The number of ether oxygens (including phenoxy) is 1. The number of nitrogens with zero attached hydrogens (tertiary/aromatic N) is 1. The fourth-order valence-corrected chi connectivity index (χ4v) is 4.34. The Bertz CT molecular complexity index is 847. The van der Waals surface area contributed by atoms with Gasteiger partial charge < -0.3 is 30.2 Å². The first kappa shape index (κ1) is 22.0. The lowest BCUT2D eigenvalue weighted by molar-refractivity contribution is -0.139. The number of aliphatic hydroxyl groups is 1. The van der Waals surface area contributed by atoms with Gasteiger partial charge in [-0.3, -0.25) is 19.2 Å². The van der Waals surface area contributed by atoms with Crippen molar-refractivity contribution in [2.45, 2.75) is 44.2 Å². The molecule has 3 atom stereocenters. The average Bonchev–Trinajstić information content (AvgIpc) is 3.34. The predicted octanol–water partition coefficient (Wildman–Crippen LogP) is -0.707. The Morgan fingerprint density at radius 3 is 2.63 bits per heavy atom. The second-order valence-electron chi connectivity index (χ2n) is 7.73. The molecular formula is C20H27N3O7. The third-order valence-corrected chi connectivity index (χ3v) is 5.85. The Morgan fingerprint density at radius 2 is 1.93 bits per heavy atom. The quantitative estimate of drug-likeness (QED) is 0.471. The van der Waals surface area contributed by atoms with E-state index < -0.39 is 23.6 Å². The number of hydrogen-bond acceptors (Lipinski definition) is 6. The van der Waals surface area contributed by atoms with E-state index in [2.05, 4.69) is 10.3 Å². The summed E-state index contributed by atoms with van der Waals surface area (Å²) in [6.45, 7) is 1.94. The molecule has 164 valence electrons. The van der Waals surface area contributed by atoms with Crippen LogP contribution in [-0.2, 0) is 27.2 Å². The van der Waals surface area contributed by atoms with Crippen molar-refractivity contribution in [1.29, 1.82) is 0 Å². The second-order valence-corrected chi connectivity index (χ2v) is 7.73. The number of H-pyrrole nitrogens is 1. The Labute approximate surface area is 173 Å². The summed E-state index contributed by atoms with van der Waals surface area (Å²) in [5.41, 5.74) is 1.59. The molecule has 1 aromatic heterocycles. The van der Waals surface area contributed by atoms with Gasteiger partial charge in [0.25, 0.3) is 17.9 Å². The van der Waals surface area contributed by atoms with E-state index in [0.29, 0.717) is 39.1 Å². The van der Waals surface area contributed by atoms with Gasteiger partial charge in [-0.2, -0.15) is 0 Å². The van der Waals surface area contributed by atoms with Gasteiger partial charge in [0.05, 0.1) is 25.4 Å². The number of rotatable bonds is 3. The van der Waals surface area contributed by atoms with Gasteiger partial charge in [0.15, 0.2) is 0 Å². The van der Waals surface area contributed by atoms with Crippen molar-refractivity contribution >= 4 is 18.3 Å². The number of morpholine rings is 1. The van der Waals surface area contributed by atoms with Gasteiger partial charge >= 0.3 is 0 Å². The highest BCUT2D eigenvalue weighted by atomic mass is 16.5. The second kappa shape index (κ2) is 9.86. The van der Waals surface area contributed by atoms with Crippen LogP contribution >= 0.6 is 0 Å². The van der Waals surface area contributed by atoms with Gasteiger partial charge in [-0.1, -0.05) is 0 Å². The number of carbonyl (C=O) groups excluding carboxylic acids is 2. The number of carbonyl (C=O) groups is 3. The topological polar surface area (TPSA) is 149 Å².